The van der Waals surface area contributed by atoms with Crippen molar-refractivity contribution in [2.45, 2.75) is 6.61 Å². The van der Waals surface area contributed by atoms with Gasteiger partial charge in [-0.2, -0.15) is 0 Å². The van der Waals surface area contributed by atoms with Gasteiger partial charge in [-0.1, -0.05) is 35.9 Å². The molecule has 0 aliphatic carbocycles. The number of hydrogen-bond acceptors (Lipinski definition) is 5. The van der Waals surface area contributed by atoms with Gasteiger partial charge in [0.15, 0.2) is 0 Å². The van der Waals surface area contributed by atoms with Crippen molar-refractivity contribution in [2.24, 2.45) is 0 Å². The zero-order chi connectivity index (χ0) is 25.1. The number of hydrogen-bond donors (Lipinski definition) is 2. The highest BCUT2D eigenvalue weighted by Gasteiger charge is 2.36. The van der Waals surface area contributed by atoms with E-state index in [1.54, 1.807) is 42.5 Å². The number of nitrogens with one attached hydrogen (secondary N) is 1. The number of halogens is 2. The van der Waals surface area contributed by atoms with Crippen LogP contribution in [0.15, 0.2) is 76.8 Å². The molecule has 35 heavy (non-hydrogen) atoms. The zero-order valence-corrected chi connectivity index (χ0v) is 20.2. The van der Waals surface area contributed by atoms with Crippen LogP contribution in [0.4, 0.5) is 10.5 Å². The summed E-state index contributed by atoms with van der Waals surface area (Å²) in [5.74, 6) is -2.08. The van der Waals surface area contributed by atoms with Crippen molar-refractivity contribution in [2.75, 3.05) is 4.90 Å². The van der Waals surface area contributed by atoms with E-state index in [4.69, 9.17) is 21.4 Å². The Balaban J connectivity index is 1.53. The van der Waals surface area contributed by atoms with Crippen molar-refractivity contribution in [3.8, 4) is 5.75 Å². The van der Waals surface area contributed by atoms with Crippen molar-refractivity contribution in [3.05, 3.63) is 98.5 Å². The van der Waals surface area contributed by atoms with Gasteiger partial charge in [0, 0.05) is 5.02 Å². The van der Waals surface area contributed by atoms with Crippen molar-refractivity contribution in [1.82, 2.24) is 5.32 Å². The number of nitrogens with zero attached hydrogens (tertiary/aromatic N) is 1. The number of urea groups is 1. The quantitative estimate of drug-likeness (QED) is 0.325. The van der Waals surface area contributed by atoms with Gasteiger partial charge in [0.2, 0.25) is 0 Å². The average Bonchev–Trinajstić information content (AvgIpc) is 2.81. The Morgan fingerprint density at radius 1 is 1.06 bits per heavy atom. The molecule has 4 rings (SSSR count). The zero-order valence-electron chi connectivity index (χ0n) is 17.8. The number of carboxylic acids is 1. The molecular formula is C25H16BrClN2O6. The minimum Gasteiger partial charge on any atom is -0.488 e. The summed E-state index contributed by atoms with van der Waals surface area (Å²) in [6.45, 7) is 0.205. The van der Waals surface area contributed by atoms with Crippen LogP contribution < -0.4 is 15.0 Å². The van der Waals surface area contributed by atoms with Crippen LogP contribution in [0.25, 0.3) is 6.08 Å². The van der Waals surface area contributed by atoms with Gasteiger partial charge in [-0.25, -0.2) is 14.5 Å². The van der Waals surface area contributed by atoms with Gasteiger partial charge in [0.25, 0.3) is 11.8 Å². The maximum Gasteiger partial charge on any atom is 0.335 e. The number of aromatic carboxylic acids is 1. The highest BCUT2D eigenvalue weighted by molar-refractivity contribution is 9.10. The lowest BCUT2D eigenvalue weighted by molar-refractivity contribution is -0.122. The molecule has 3 aromatic carbocycles. The topological polar surface area (TPSA) is 113 Å². The molecule has 10 heteroatoms. The van der Waals surface area contributed by atoms with Gasteiger partial charge < -0.3 is 9.84 Å². The molecule has 0 saturated carbocycles. The first-order valence-corrected chi connectivity index (χ1v) is 11.3. The van der Waals surface area contributed by atoms with Crippen LogP contribution >= 0.6 is 27.5 Å². The third kappa shape index (κ3) is 5.42. The number of benzene rings is 3. The first-order valence-electron chi connectivity index (χ1n) is 10.1. The number of carboxylic acid groups (broad SMARTS) is 1. The maximum atomic E-state index is 13.0. The molecule has 0 unspecified atom stereocenters. The maximum absolute atomic E-state index is 13.0. The van der Waals surface area contributed by atoms with Gasteiger partial charge in [0.05, 0.1) is 15.7 Å². The van der Waals surface area contributed by atoms with E-state index in [9.17, 15) is 19.2 Å². The highest BCUT2D eigenvalue weighted by Crippen LogP contribution is 2.29. The molecule has 0 aromatic heterocycles. The second-order valence-electron chi connectivity index (χ2n) is 7.42. The van der Waals surface area contributed by atoms with Crippen LogP contribution in [0, 0.1) is 0 Å². The Bertz CT molecular complexity index is 1390. The Labute approximate surface area is 212 Å². The fourth-order valence-corrected chi connectivity index (χ4v) is 4.00. The Morgan fingerprint density at radius 2 is 1.80 bits per heavy atom. The Morgan fingerprint density at radius 3 is 2.46 bits per heavy atom. The SMILES string of the molecule is O=C1NC(=O)N(c2cccc(Cl)c2)C(=O)/C1=C/c1ccc(OCc2ccc(C(=O)O)cc2)c(Br)c1. The van der Waals surface area contributed by atoms with Crippen LogP contribution in [0.5, 0.6) is 5.75 Å². The number of amides is 4. The lowest BCUT2D eigenvalue weighted by Crippen LogP contribution is -2.54. The number of anilines is 1. The Hall–Kier alpha value is -3.95. The smallest absolute Gasteiger partial charge is 0.335 e. The molecule has 0 spiro atoms. The fraction of sp³-hybridized carbons (Fsp3) is 0.0400. The molecule has 1 saturated heterocycles. The summed E-state index contributed by atoms with van der Waals surface area (Å²) in [6.07, 6.45) is 1.38. The molecule has 1 aliphatic rings. The van der Waals surface area contributed by atoms with Crippen LogP contribution in [-0.2, 0) is 16.2 Å². The fourth-order valence-electron chi connectivity index (χ4n) is 3.30. The molecule has 0 bridgehead atoms. The standard InChI is InChI=1S/C25H16BrClN2O6/c26-20-11-15(6-9-21(20)35-13-14-4-7-16(8-5-14)24(32)33)10-19-22(30)28-25(34)29(23(19)31)18-3-1-2-17(27)12-18/h1-12H,13H2,(H,32,33)(H,28,30,34)/b19-10+. The molecule has 8 nitrogen and oxygen atoms in total. The first kappa shape index (κ1) is 24.2. The summed E-state index contributed by atoms with van der Waals surface area (Å²) < 4.78 is 6.35. The van der Waals surface area contributed by atoms with E-state index in [0.29, 0.717) is 20.8 Å². The summed E-state index contributed by atoms with van der Waals surface area (Å²) in [5, 5.41) is 11.5. The monoisotopic (exact) mass is 554 g/mol. The lowest BCUT2D eigenvalue weighted by atomic mass is 10.1. The van der Waals surface area contributed by atoms with Crippen LogP contribution in [-0.4, -0.2) is 28.9 Å². The normalized spacial score (nSPS) is 14.7. The largest absolute Gasteiger partial charge is 0.488 e. The van der Waals surface area contributed by atoms with Crippen molar-refractivity contribution in [1.29, 1.82) is 0 Å². The molecule has 0 atom stereocenters. The molecule has 1 aliphatic heterocycles. The third-order valence-corrected chi connectivity index (χ3v) is 5.89. The van der Waals surface area contributed by atoms with Gasteiger partial charge in [-0.15, -0.1) is 0 Å². The van der Waals surface area contributed by atoms with Crippen LogP contribution in [0.2, 0.25) is 5.02 Å². The predicted molar refractivity (Wildman–Crippen MR) is 132 cm³/mol. The van der Waals surface area contributed by atoms with Crippen molar-refractivity contribution in [3.63, 3.8) is 0 Å². The molecule has 4 amide bonds. The molecule has 1 fully saturated rings. The minimum atomic E-state index is -1.00. The third-order valence-electron chi connectivity index (χ3n) is 5.03. The van der Waals surface area contributed by atoms with Gasteiger partial charge in [-0.05, 0) is 75.6 Å². The summed E-state index contributed by atoms with van der Waals surface area (Å²) in [4.78, 5) is 49.5. The van der Waals surface area contributed by atoms with E-state index >= 15 is 0 Å². The lowest BCUT2D eigenvalue weighted by Gasteiger charge is -2.26. The predicted octanol–water partition coefficient (Wildman–Crippen LogP) is 5.05. The molecule has 2 N–H and O–H groups in total. The van der Waals surface area contributed by atoms with Crippen molar-refractivity contribution >= 4 is 63.1 Å². The van der Waals surface area contributed by atoms with E-state index in [-0.39, 0.29) is 23.4 Å². The summed E-state index contributed by atoms with van der Waals surface area (Å²) in [5.41, 5.74) is 1.50. The van der Waals surface area contributed by atoms with Gasteiger partial charge in [0.1, 0.15) is 17.9 Å². The van der Waals surface area contributed by atoms with Crippen LogP contribution in [0.3, 0.4) is 0 Å². The second-order valence-corrected chi connectivity index (χ2v) is 8.71. The molecule has 1 heterocycles. The Kier molecular flexibility index (Phi) is 6.99. The molecule has 3 aromatic rings. The van der Waals surface area contributed by atoms with E-state index in [0.717, 1.165) is 10.5 Å². The van der Waals surface area contributed by atoms with Crippen LogP contribution in [0.1, 0.15) is 21.5 Å². The molecule has 0 radical (unpaired) electrons. The van der Waals surface area contributed by atoms with E-state index in [1.807, 2.05) is 0 Å². The number of rotatable bonds is 6. The van der Waals surface area contributed by atoms with Gasteiger partial charge >= 0.3 is 12.0 Å². The van der Waals surface area contributed by atoms with E-state index in [1.165, 1.54) is 30.3 Å². The number of carbonyl (C=O) groups excluding carboxylic acids is 3. The van der Waals surface area contributed by atoms with Crippen molar-refractivity contribution < 1.29 is 29.0 Å². The minimum absolute atomic E-state index is 0.184. The summed E-state index contributed by atoms with van der Waals surface area (Å²) in [6, 6.07) is 16.6. The number of imide groups is 2. The average molecular weight is 556 g/mol. The van der Waals surface area contributed by atoms with E-state index in [2.05, 4.69) is 21.2 Å². The molecular weight excluding hydrogens is 540 g/mol. The summed E-state index contributed by atoms with van der Waals surface area (Å²) in [7, 11) is 0. The van der Waals surface area contributed by atoms with E-state index < -0.39 is 23.8 Å². The number of carbonyl (C=O) groups is 4. The number of ether oxygens (including phenoxy) is 1. The van der Waals surface area contributed by atoms with Gasteiger partial charge in [-0.3, -0.25) is 14.9 Å². The first-order chi connectivity index (χ1) is 16.7. The second kappa shape index (κ2) is 10.1. The number of barbiturate groups is 1. The molecule has 176 valence electrons. The summed E-state index contributed by atoms with van der Waals surface area (Å²) >= 11 is 9.39. The highest BCUT2D eigenvalue weighted by atomic mass is 79.9.